The van der Waals surface area contributed by atoms with E-state index in [1.54, 1.807) is 0 Å². The predicted octanol–water partition coefficient (Wildman–Crippen LogP) is 0.0707. The average molecular weight is 161 g/mol. The maximum Gasteiger partial charge on any atom is 0.422 e. The van der Waals surface area contributed by atoms with Crippen LogP contribution in [0.3, 0.4) is 0 Å². The Balaban J connectivity index is 3.80. The molecule has 0 aliphatic carbocycles. The fourth-order valence-corrected chi connectivity index (χ4v) is 0. The van der Waals surface area contributed by atoms with Crippen LogP contribution in [-0.4, -0.2) is 13.3 Å². The lowest BCUT2D eigenvalue weighted by Gasteiger charge is -2.06. The molecule has 7 heteroatoms. The molecule has 0 heterocycles. The normalized spacial score (nSPS) is 12.7. The molecule has 0 saturated heterocycles. The van der Waals surface area contributed by atoms with Gasteiger partial charge in [-0.25, -0.2) is 4.57 Å². The summed E-state index contributed by atoms with van der Waals surface area (Å²) in [6.07, 6.45) is 0. The maximum atomic E-state index is 9.80. The van der Waals surface area contributed by atoms with Crippen molar-refractivity contribution in [3.8, 4) is 0 Å². The monoisotopic (exact) mass is 161 g/mol. The Bertz CT molecular complexity index is 95.1. The highest BCUT2D eigenvalue weighted by Gasteiger charge is 2.17. The first-order valence-corrected chi connectivity index (χ1v) is 3.55. The second kappa shape index (κ2) is 2.39. The van der Waals surface area contributed by atoms with Gasteiger partial charge in [0.2, 0.25) is 0 Å². The molecule has 0 bridgehead atoms. The fourth-order valence-electron chi connectivity index (χ4n) is 0. The standard InChI is InChI=1S/H4NO3PS2/c2-5(3,4)1(6)7/h6-7H,(H2,2,3,4). The lowest BCUT2D eigenvalue weighted by molar-refractivity contribution is 0.355. The van der Waals surface area contributed by atoms with Crippen LogP contribution < -0.4 is 0 Å². The van der Waals surface area contributed by atoms with Gasteiger partial charge in [-0.2, -0.15) is 0 Å². The molecule has 0 unspecified atom stereocenters. The number of thiol groups is 2. The molecular weight excluding hydrogens is 157 g/mol. The zero-order valence-electron chi connectivity index (χ0n) is 3.09. The first-order chi connectivity index (χ1) is 2.94. The number of rotatable bonds is 1. The second-order valence-corrected chi connectivity index (χ2v) is 3.95. The number of hydrogen-bond acceptors (Lipinski definition) is 3. The largest absolute Gasteiger partial charge is 0.422 e. The van der Waals surface area contributed by atoms with E-state index in [9.17, 15) is 4.57 Å². The molecule has 7 heavy (non-hydrogen) atoms. The van der Waals surface area contributed by atoms with Crippen molar-refractivity contribution in [2.75, 3.05) is 0 Å². The highest BCUT2D eigenvalue weighted by Crippen LogP contribution is 2.42. The molecular formula is H4NO3PS2. The van der Waals surface area contributed by atoms with Crippen molar-refractivity contribution in [2.45, 2.75) is 0 Å². The number of nitrogens with zero attached hydrogens (tertiary/aromatic N) is 1. The van der Waals surface area contributed by atoms with Crippen molar-refractivity contribution in [1.29, 1.82) is 0 Å². The summed E-state index contributed by atoms with van der Waals surface area (Å²) in [6, 6.07) is 0. The van der Waals surface area contributed by atoms with Crippen molar-refractivity contribution < 1.29 is 14.4 Å². The summed E-state index contributed by atoms with van der Waals surface area (Å²) in [5, 5.41) is 0. The van der Waals surface area contributed by atoms with Gasteiger partial charge in [-0.3, -0.25) is 0 Å². The van der Waals surface area contributed by atoms with Crippen LogP contribution in [0.2, 0.25) is 0 Å². The quantitative estimate of drug-likeness (QED) is 0.324. The summed E-state index contributed by atoms with van der Waals surface area (Å²) in [7, 11) is -4.18. The Hall–Kier alpha value is 0.810. The van der Waals surface area contributed by atoms with Crippen LogP contribution in [0.15, 0.2) is 0 Å². The van der Waals surface area contributed by atoms with Crippen molar-refractivity contribution in [3.63, 3.8) is 0 Å². The molecule has 0 saturated carbocycles. The van der Waals surface area contributed by atoms with Gasteiger partial charge in [-0.05, 0) is 0 Å². The third-order valence-corrected chi connectivity index (χ3v) is 2.10. The molecule has 0 aliphatic rings. The maximum absolute atomic E-state index is 9.80. The van der Waals surface area contributed by atoms with Crippen LogP contribution in [0.5, 0.6) is 0 Å². The highest BCUT2D eigenvalue weighted by atomic mass is 32.2. The molecule has 2 N–H and O–H groups in total. The van der Waals surface area contributed by atoms with Crippen LogP contribution in [-0.2, 0) is 4.57 Å². The van der Waals surface area contributed by atoms with E-state index in [0.29, 0.717) is 0 Å². The van der Waals surface area contributed by atoms with Gasteiger partial charge in [-0.1, -0.05) is 25.6 Å². The number of hydrogen-bond donors (Lipinski definition) is 4. The molecule has 0 amide bonds. The predicted molar refractivity (Wildman–Crippen MR) is 31.9 cm³/mol. The van der Waals surface area contributed by atoms with Crippen LogP contribution in [0.1, 0.15) is 0 Å². The second-order valence-electron chi connectivity index (χ2n) is 0.782. The zero-order valence-corrected chi connectivity index (χ0v) is 5.77. The van der Waals surface area contributed by atoms with Crippen molar-refractivity contribution in [2.24, 2.45) is 0 Å². The van der Waals surface area contributed by atoms with Crippen molar-refractivity contribution >= 4 is 33.4 Å². The molecule has 0 radical (unpaired) electrons. The third-order valence-electron chi connectivity index (χ3n) is 0.233. The summed E-state index contributed by atoms with van der Waals surface area (Å²) in [6.45, 7) is 0. The lowest BCUT2D eigenvalue weighted by atomic mass is 13.8. The Kier molecular flexibility index (Phi) is 2.67. The van der Waals surface area contributed by atoms with E-state index in [2.05, 4.69) is 25.6 Å². The van der Waals surface area contributed by atoms with Crippen molar-refractivity contribution in [3.05, 3.63) is 0 Å². The minimum atomic E-state index is -4.18. The summed E-state index contributed by atoms with van der Waals surface area (Å²) < 4.78 is 10.0. The third kappa shape index (κ3) is 3.40. The molecule has 0 atom stereocenters. The first-order valence-electron chi connectivity index (χ1n) is 1.18. The fraction of sp³-hybridized carbons (Fsp3) is 0. The minimum Gasteiger partial charge on any atom is -0.311 e. The van der Waals surface area contributed by atoms with Crippen molar-refractivity contribution in [1.82, 2.24) is 3.48 Å². The van der Waals surface area contributed by atoms with E-state index in [1.807, 2.05) is 0 Å². The molecule has 0 fully saturated rings. The topological polar surface area (TPSA) is 60.8 Å². The summed E-state index contributed by atoms with van der Waals surface area (Å²) in [5.41, 5.74) is 0. The molecule has 0 rings (SSSR count). The van der Waals surface area contributed by atoms with Gasteiger partial charge < -0.3 is 9.79 Å². The molecule has 0 aromatic carbocycles. The Morgan fingerprint density at radius 1 is 1.43 bits per heavy atom. The zero-order chi connectivity index (χ0) is 6.08. The Morgan fingerprint density at radius 2 is 1.57 bits per heavy atom. The van der Waals surface area contributed by atoms with Crippen LogP contribution in [0.25, 0.3) is 0 Å². The van der Waals surface area contributed by atoms with E-state index >= 15 is 0 Å². The SMILES string of the molecule is O=P(O)(O)N(S)S. The van der Waals surface area contributed by atoms with E-state index in [0.717, 1.165) is 0 Å². The minimum absolute atomic E-state index is 0.243. The van der Waals surface area contributed by atoms with E-state index in [1.165, 1.54) is 0 Å². The van der Waals surface area contributed by atoms with E-state index in [4.69, 9.17) is 9.79 Å². The van der Waals surface area contributed by atoms with Gasteiger partial charge in [0.25, 0.3) is 0 Å². The lowest BCUT2D eigenvalue weighted by Crippen LogP contribution is -1.90. The molecule has 0 aromatic rings. The van der Waals surface area contributed by atoms with Crippen LogP contribution >= 0.6 is 33.4 Å². The molecule has 0 aliphatic heterocycles. The molecule has 4 nitrogen and oxygen atoms in total. The molecule has 44 valence electrons. The molecule has 0 aromatic heterocycles. The van der Waals surface area contributed by atoms with E-state index in [-0.39, 0.29) is 3.48 Å². The smallest absolute Gasteiger partial charge is 0.311 e. The van der Waals surface area contributed by atoms with Gasteiger partial charge >= 0.3 is 7.75 Å². The van der Waals surface area contributed by atoms with Crippen LogP contribution in [0.4, 0.5) is 0 Å². The van der Waals surface area contributed by atoms with Gasteiger partial charge in [0.15, 0.2) is 0 Å². The van der Waals surface area contributed by atoms with Gasteiger partial charge in [0, 0.05) is 0 Å². The Labute approximate surface area is 51.8 Å². The van der Waals surface area contributed by atoms with Gasteiger partial charge in [-0.15, -0.1) is 3.48 Å². The van der Waals surface area contributed by atoms with Gasteiger partial charge in [0.1, 0.15) is 0 Å². The summed E-state index contributed by atoms with van der Waals surface area (Å²) >= 11 is 6.43. The van der Waals surface area contributed by atoms with Crippen LogP contribution in [0, 0.1) is 0 Å². The highest BCUT2D eigenvalue weighted by molar-refractivity contribution is 8.01. The summed E-state index contributed by atoms with van der Waals surface area (Å²) in [5.74, 6) is 0. The molecule has 0 spiro atoms. The summed E-state index contributed by atoms with van der Waals surface area (Å²) in [4.78, 5) is 16.0. The van der Waals surface area contributed by atoms with Gasteiger partial charge in [0.05, 0.1) is 0 Å². The first kappa shape index (κ1) is 7.81. The average Bonchev–Trinajstić information content (AvgIpc) is 1.31. The van der Waals surface area contributed by atoms with E-state index < -0.39 is 7.75 Å². The Morgan fingerprint density at radius 3 is 1.57 bits per heavy atom.